The highest BCUT2D eigenvalue weighted by Gasteiger charge is 2.06. The van der Waals surface area contributed by atoms with E-state index in [2.05, 4.69) is 12.0 Å². The van der Waals surface area contributed by atoms with Crippen molar-refractivity contribution in [2.45, 2.75) is 13.8 Å². The van der Waals surface area contributed by atoms with Crippen LogP contribution in [-0.2, 0) is 0 Å². The normalized spacial score (nSPS) is 16.0. The minimum atomic E-state index is 0.302. The molecule has 46 valence electrons. The maximum atomic E-state index is 5.59. The van der Waals surface area contributed by atoms with Crippen LogP contribution < -0.4 is 5.84 Å². The Morgan fingerprint density at radius 3 is 2.25 bits per heavy atom. The molecule has 2 N–H and O–H groups in total. The summed E-state index contributed by atoms with van der Waals surface area (Å²) in [6, 6.07) is 2.84. The van der Waals surface area contributed by atoms with Gasteiger partial charge in [-0.25, -0.2) is 0 Å². The number of nitrogens with zero attached hydrogens (tertiary/aromatic N) is 1. The maximum absolute atomic E-state index is 5.59. The van der Waals surface area contributed by atoms with Crippen LogP contribution >= 0.6 is 0 Å². The predicted molar refractivity (Wildman–Crippen MR) is 34.4 cm³/mol. The average Bonchev–Trinajstić information content (AvgIpc) is 1.67. The highest BCUT2D eigenvalue weighted by molar-refractivity contribution is 4.84. The van der Waals surface area contributed by atoms with Crippen molar-refractivity contribution < 1.29 is 4.59 Å². The molecule has 0 rings (SSSR count). The summed E-state index contributed by atoms with van der Waals surface area (Å²) in [6.07, 6.45) is 0. The van der Waals surface area contributed by atoms with Crippen LogP contribution in [0.4, 0.5) is 0 Å². The lowest BCUT2D eigenvalue weighted by Gasteiger charge is -2.15. The van der Waals surface area contributed by atoms with Gasteiger partial charge in [0.25, 0.3) is 0 Å². The zero-order valence-electron chi connectivity index (χ0n) is 5.73. The third kappa shape index (κ3) is 2.62. The number of hydrogen-bond acceptors (Lipinski definition) is 1. The van der Waals surface area contributed by atoms with E-state index in [1.807, 2.05) is 14.0 Å². The lowest BCUT2D eigenvalue weighted by molar-refractivity contribution is -0.853. The molecule has 0 aliphatic rings. The quantitative estimate of drug-likeness (QED) is 0.225. The van der Waals surface area contributed by atoms with Crippen LogP contribution in [0.25, 0.3) is 0 Å². The zero-order valence-corrected chi connectivity index (χ0v) is 5.73. The SMILES string of the molecule is CC#C[N+](C)(N)CC. The Morgan fingerprint density at radius 2 is 2.12 bits per heavy atom. The van der Waals surface area contributed by atoms with Crippen LogP contribution in [0.5, 0.6) is 0 Å². The van der Waals surface area contributed by atoms with E-state index in [0.29, 0.717) is 4.59 Å². The van der Waals surface area contributed by atoms with Gasteiger partial charge in [0.1, 0.15) is 6.54 Å². The first-order valence-corrected chi connectivity index (χ1v) is 2.70. The second-order valence-corrected chi connectivity index (χ2v) is 1.95. The number of hydrogen-bond donors (Lipinski definition) is 1. The zero-order chi connectivity index (χ0) is 6.62. The van der Waals surface area contributed by atoms with Crippen molar-refractivity contribution in [2.24, 2.45) is 5.84 Å². The molecule has 2 nitrogen and oxygen atoms in total. The Balaban J connectivity index is 3.85. The summed E-state index contributed by atoms with van der Waals surface area (Å²) in [5, 5.41) is 0. The molecule has 0 saturated heterocycles. The van der Waals surface area contributed by atoms with Crippen LogP contribution in [0.15, 0.2) is 0 Å². The van der Waals surface area contributed by atoms with Gasteiger partial charge in [-0.1, -0.05) is 0 Å². The molecule has 0 aromatic heterocycles. The fourth-order valence-corrected chi connectivity index (χ4v) is 0.334. The van der Waals surface area contributed by atoms with Gasteiger partial charge in [0.15, 0.2) is 6.04 Å². The molecule has 1 atom stereocenters. The standard InChI is InChI=1S/C6H13N2/c1-4-6-8(3,7)5-2/h5,7H2,1-3H3/q+1. The van der Waals surface area contributed by atoms with E-state index in [-0.39, 0.29) is 0 Å². The van der Waals surface area contributed by atoms with Gasteiger partial charge in [0.2, 0.25) is 0 Å². The van der Waals surface area contributed by atoms with Gasteiger partial charge in [0, 0.05) is 6.92 Å². The van der Waals surface area contributed by atoms with Crippen molar-refractivity contribution in [3.05, 3.63) is 0 Å². The molecular weight excluding hydrogens is 100 g/mol. The third-order valence-electron chi connectivity index (χ3n) is 1.02. The van der Waals surface area contributed by atoms with Crippen molar-refractivity contribution >= 4 is 0 Å². The summed E-state index contributed by atoms with van der Waals surface area (Å²) in [4.78, 5) is 0. The van der Waals surface area contributed by atoms with Gasteiger partial charge in [0.05, 0.1) is 7.05 Å². The molecule has 0 aromatic carbocycles. The van der Waals surface area contributed by atoms with Gasteiger partial charge in [-0.15, -0.1) is 0 Å². The smallest absolute Gasteiger partial charge is 0.157 e. The van der Waals surface area contributed by atoms with Crippen LogP contribution in [-0.4, -0.2) is 18.2 Å². The van der Waals surface area contributed by atoms with E-state index in [1.54, 1.807) is 6.92 Å². The highest BCUT2D eigenvalue weighted by atomic mass is 15.5. The molecule has 0 spiro atoms. The minimum absolute atomic E-state index is 0.302. The topological polar surface area (TPSA) is 26.0 Å². The lowest BCUT2D eigenvalue weighted by atomic mass is 10.6. The van der Waals surface area contributed by atoms with Crippen molar-refractivity contribution in [3.63, 3.8) is 0 Å². The molecule has 0 fully saturated rings. The first-order valence-electron chi connectivity index (χ1n) is 2.70. The van der Waals surface area contributed by atoms with Crippen molar-refractivity contribution in [1.82, 2.24) is 0 Å². The van der Waals surface area contributed by atoms with Crippen molar-refractivity contribution in [2.75, 3.05) is 13.6 Å². The monoisotopic (exact) mass is 113 g/mol. The molecule has 0 aliphatic heterocycles. The van der Waals surface area contributed by atoms with Crippen LogP contribution in [0.3, 0.4) is 0 Å². The maximum Gasteiger partial charge on any atom is 0.157 e. The molecule has 0 aromatic rings. The van der Waals surface area contributed by atoms with Crippen molar-refractivity contribution in [3.8, 4) is 12.0 Å². The predicted octanol–water partition coefficient (Wildman–Crippen LogP) is 0.307. The van der Waals surface area contributed by atoms with Gasteiger partial charge in [-0.2, -0.15) is 10.4 Å². The second kappa shape index (κ2) is 2.71. The summed E-state index contributed by atoms with van der Waals surface area (Å²) in [7, 11) is 1.87. The Labute approximate surface area is 50.8 Å². The average molecular weight is 113 g/mol. The first kappa shape index (κ1) is 7.48. The number of quaternary nitrogens is 1. The summed E-state index contributed by atoms with van der Waals surface area (Å²) < 4.78 is 0.302. The van der Waals surface area contributed by atoms with E-state index < -0.39 is 0 Å². The summed E-state index contributed by atoms with van der Waals surface area (Å²) in [5.74, 6) is 8.35. The highest BCUT2D eigenvalue weighted by Crippen LogP contribution is 1.84. The van der Waals surface area contributed by atoms with Crippen molar-refractivity contribution in [1.29, 1.82) is 0 Å². The minimum Gasteiger partial charge on any atom is -0.176 e. The van der Waals surface area contributed by atoms with E-state index in [9.17, 15) is 0 Å². The molecule has 0 radical (unpaired) electrons. The van der Waals surface area contributed by atoms with E-state index in [4.69, 9.17) is 5.84 Å². The summed E-state index contributed by atoms with van der Waals surface area (Å²) in [5.41, 5.74) is 0. The molecule has 0 heterocycles. The molecule has 0 saturated carbocycles. The Kier molecular flexibility index (Phi) is 2.53. The number of rotatable bonds is 1. The fourth-order valence-electron chi connectivity index (χ4n) is 0.334. The van der Waals surface area contributed by atoms with E-state index in [1.165, 1.54) is 0 Å². The molecule has 0 bridgehead atoms. The molecule has 1 unspecified atom stereocenters. The first-order chi connectivity index (χ1) is 3.62. The summed E-state index contributed by atoms with van der Waals surface area (Å²) >= 11 is 0. The van der Waals surface area contributed by atoms with Gasteiger partial charge in [-0.05, 0) is 12.8 Å². The molecule has 0 aliphatic carbocycles. The van der Waals surface area contributed by atoms with Crippen LogP contribution in [0, 0.1) is 12.0 Å². The summed E-state index contributed by atoms with van der Waals surface area (Å²) in [6.45, 7) is 4.64. The Morgan fingerprint density at radius 1 is 1.62 bits per heavy atom. The molecule has 0 amide bonds. The van der Waals surface area contributed by atoms with Crippen LogP contribution in [0.1, 0.15) is 13.8 Å². The van der Waals surface area contributed by atoms with Gasteiger partial charge < -0.3 is 0 Å². The molecule has 2 heteroatoms. The third-order valence-corrected chi connectivity index (χ3v) is 1.02. The van der Waals surface area contributed by atoms with Crippen LogP contribution in [0.2, 0.25) is 0 Å². The van der Waals surface area contributed by atoms with E-state index in [0.717, 1.165) is 6.54 Å². The fraction of sp³-hybridized carbons (Fsp3) is 0.667. The van der Waals surface area contributed by atoms with Gasteiger partial charge in [-0.3, -0.25) is 0 Å². The molecular formula is C6H13N2+. The van der Waals surface area contributed by atoms with E-state index >= 15 is 0 Å². The lowest BCUT2D eigenvalue weighted by Crippen LogP contribution is -2.45. The largest absolute Gasteiger partial charge is 0.176 e. The second-order valence-electron chi connectivity index (χ2n) is 1.95. The molecule has 8 heavy (non-hydrogen) atoms. The Bertz CT molecular complexity index is 116. The van der Waals surface area contributed by atoms with Gasteiger partial charge >= 0.3 is 0 Å². The number of nitrogens with two attached hydrogens (primary N) is 1. The Hall–Kier alpha value is -0.520.